The highest BCUT2D eigenvalue weighted by molar-refractivity contribution is 6.01. The van der Waals surface area contributed by atoms with Gasteiger partial charge in [-0.25, -0.2) is 9.89 Å². The molecule has 3 aromatic rings. The maximum absolute atomic E-state index is 12.2. The third-order valence-corrected chi connectivity index (χ3v) is 4.16. The highest BCUT2D eigenvalue weighted by Crippen LogP contribution is 2.24. The maximum atomic E-state index is 12.2. The molecule has 2 amide bonds. The number of urea groups is 1. The second kappa shape index (κ2) is 7.57. The van der Waals surface area contributed by atoms with E-state index in [1.807, 2.05) is 6.07 Å². The number of aromatic amines is 1. The number of carbonyl (C=O) groups excluding carboxylic acids is 1. The lowest BCUT2D eigenvalue weighted by Gasteiger charge is -2.17. The Labute approximate surface area is 157 Å². The SMILES string of the molecule is CC(C)(C)CCc1n[nH]c(=O)c2cc(NC(=O)Nc3cccnc3)ccc12. The second-order valence-corrected chi connectivity index (χ2v) is 7.64. The number of H-pyrrole nitrogens is 1. The molecule has 2 heterocycles. The largest absolute Gasteiger partial charge is 0.323 e. The second-order valence-electron chi connectivity index (χ2n) is 7.64. The molecule has 7 heteroatoms. The van der Waals surface area contributed by atoms with E-state index in [4.69, 9.17) is 0 Å². The van der Waals surface area contributed by atoms with Gasteiger partial charge in [0.2, 0.25) is 0 Å². The molecule has 0 radical (unpaired) electrons. The van der Waals surface area contributed by atoms with Crippen LogP contribution in [0.5, 0.6) is 0 Å². The fourth-order valence-corrected chi connectivity index (χ4v) is 2.71. The number of pyridine rings is 1. The summed E-state index contributed by atoms with van der Waals surface area (Å²) in [6.07, 6.45) is 4.90. The quantitative estimate of drug-likeness (QED) is 0.652. The lowest BCUT2D eigenvalue weighted by Crippen LogP contribution is -2.20. The van der Waals surface area contributed by atoms with Crippen molar-refractivity contribution in [2.75, 3.05) is 10.6 Å². The van der Waals surface area contributed by atoms with Gasteiger partial charge in [-0.05, 0) is 42.5 Å². The van der Waals surface area contributed by atoms with Gasteiger partial charge in [-0.2, -0.15) is 5.10 Å². The van der Waals surface area contributed by atoms with E-state index in [1.54, 1.807) is 36.7 Å². The molecule has 0 atom stereocenters. The zero-order valence-corrected chi connectivity index (χ0v) is 15.7. The minimum atomic E-state index is -0.402. The van der Waals surface area contributed by atoms with Crippen LogP contribution >= 0.6 is 0 Å². The molecule has 7 nitrogen and oxygen atoms in total. The average molecular weight is 365 g/mol. The van der Waals surface area contributed by atoms with Gasteiger partial charge in [0.15, 0.2) is 0 Å². The van der Waals surface area contributed by atoms with E-state index in [-0.39, 0.29) is 11.0 Å². The molecule has 0 unspecified atom stereocenters. The minimum Gasteiger partial charge on any atom is -0.308 e. The Morgan fingerprint density at radius 1 is 1.11 bits per heavy atom. The number of anilines is 2. The first-order chi connectivity index (χ1) is 12.8. The Morgan fingerprint density at radius 3 is 2.59 bits per heavy atom. The predicted molar refractivity (Wildman–Crippen MR) is 107 cm³/mol. The van der Waals surface area contributed by atoms with Crippen molar-refractivity contribution in [3.05, 3.63) is 58.8 Å². The van der Waals surface area contributed by atoms with Crippen molar-refractivity contribution >= 4 is 28.2 Å². The van der Waals surface area contributed by atoms with Gasteiger partial charge in [0.1, 0.15) is 0 Å². The Morgan fingerprint density at radius 2 is 1.89 bits per heavy atom. The third kappa shape index (κ3) is 4.91. The van der Waals surface area contributed by atoms with Crippen LogP contribution < -0.4 is 16.2 Å². The molecule has 3 N–H and O–H groups in total. The number of benzene rings is 1. The Bertz CT molecular complexity index is 1010. The number of fused-ring (bicyclic) bond motifs is 1. The van der Waals surface area contributed by atoms with Gasteiger partial charge in [-0.3, -0.25) is 9.78 Å². The smallest absolute Gasteiger partial charge is 0.308 e. The van der Waals surface area contributed by atoms with E-state index < -0.39 is 6.03 Å². The standard InChI is InChI=1S/C20H23N5O2/c1-20(2,3)9-8-17-15-7-6-13(11-16(15)18(26)25-24-17)22-19(27)23-14-5-4-10-21-12-14/h4-7,10-12H,8-9H2,1-3H3,(H,25,26)(H2,22,23,27). The molecule has 0 aliphatic heterocycles. The van der Waals surface area contributed by atoms with Crippen molar-refractivity contribution in [1.29, 1.82) is 0 Å². The van der Waals surface area contributed by atoms with Gasteiger partial charge in [0.25, 0.3) is 5.56 Å². The molecule has 1 aromatic carbocycles. The van der Waals surface area contributed by atoms with Gasteiger partial charge < -0.3 is 10.6 Å². The number of aryl methyl sites for hydroxylation is 1. The minimum absolute atomic E-state index is 0.177. The van der Waals surface area contributed by atoms with E-state index in [0.29, 0.717) is 16.8 Å². The Balaban J connectivity index is 1.81. The first kappa shape index (κ1) is 18.6. The van der Waals surface area contributed by atoms with E-state index in [1.165, 1.54) is 0 Å². The molecular formula is C20H23N5O2. The number of rotatable bonds is 4. The number of nitrogens with zero attached hydrogens (tertiary/aromatic N) is 2. The summed E-state index contributed by atoms with van der Waals surface area (Å²) in [4.78, 5) is 28.3. The van der Waals surface area contributed by atoms with Crippen LogP contribution in [0.1, 0.15) is 32.9 Å². The molecule has 0 saturated heterocycles. The summed E-state index contributed by atoms with van der Waals surface area (Å²) >= 11 is 0. The predicted octanol–water partition coefficient (Wildman–Crippen LogP) is 3.94. The summed E-state index contributed by atoms with van der Waals surface area (Å²) in [6.45, 7) is 6.51. The molecule has 0 spiro atoms. The molecule has 0 aliphatic rings. The molecular weight excluding hydrogens is 342 g/mol. The lowest BCUT2D eigenvalue weighted by atomic mass is 9.89. The first-order valence-electron chi connectivity index (χ1n) is 8.81. The number of hydrogen-bond donors (Lipinski definition) is 3. The van der Waals surface area contributed by atoms with Crippen molar-refractivity contribution in [3.8, 4) is 0 Å². The average Bonchev–Trinajstić information content (AvgIpc) is 2.61. The van der Waals surface area contributed by atoms with Crippen LogP contribution in [0.4, 0.5) is 16.2 Å². The number of nitrogens with one attached hydrogen (secondary N) is 3. The third-order valence-electron chi connectivity index (χ3n) is 4.16. The first-order valence-corrected chi connectivity index (χ1v) is 8.81. The Kier molecular flexibility index (Phi) is 5.21. The summed E-state index contributed by atoms with van der Waals surface area (Å²) < 4.78 is 0. The monoisotopic (exact) mass is 365 g/mol. The normalized spacial score (nSPS) is 11.4. The molecule has 2 aromatic heterocycles. The zero-order chi connectivity index (χ0) is 19.4. The maximum Gasteiger partial charge on any atom is 0.323 e. The van der Waals surface area contributed by atoms with Gasteiger partial charge in [-0.1, -0.05) is 26.8 Å². The zero-order valence-electron chi connectivity index (χ0n) is 15.7. The summed E-state index contributed by atoms with van der Waals surface area (Å²) in [5.74, 6) is 0. The molecule has 0 saturated carbocycles. The van der Waals surface area contributed by atoms with Gasteiger partial charge in [0.05, 0.1) is 23.0 Å². The van der Waals surface area contributed by atoms with Crippen LogP contribution in [-0.2, 0) is 6.42 Å². The van der Waals surface area contributed by atoms with E-state index in [2.05, 4.69) is 46.6 Å². The summed E-state index contributed by atoms with van der Waals surface area (Å²) in [5, 5.41) is 13.5. The van der Waals surface area contributed by atoms with Gasteiger partial charge in [-0.15, -0.1) is 0 Å². The van der Waals surface area contributed by atoms with Gasteiger partial charge in [0, 0.05) is 17.3 Å². The summed E-state index contributed by atoms with van der Waals surface area (Å²) in [6, 6.07) is 8.34. The highest BCUT2D eigenvalue weighted by atomic mass is 16.2. The molecule has 0 aliphatic carbocycles. The number of aromatic nitrogens is 3. The van der Waals surface area contributed by atoms with Crippen LogP contribution in [0, 0.1) is 5.41 Å². The topological polar surface area (TPSA) is 99.8 Å². The number of hydrogen-bond acceptors (Lipinski definition) is 4. The van der Waals surface area contributed by atoms with Crippen molar-refractivity contribution < 1.29 is 4.79 Å². The van der Waals surface area contributed by atoms with E-state index >= 15 is 0 Å². The molecule has 27 heavy (non-hydrogen) atoms. The Hall–Kier alpha value is -3.22. The van der Waals surface area contributed by atoms with Crippen LogP contribution in [0.2, 0.25) is 0 Å². The van der Waals surface area contributed by atoms with E-state index in [9.17, 15) is 9.59 Å². The number of amides is 2. The van der Waals surface area contributed by atoms with E-state index in [0.717, 1.165) is 23.9 Å². The molecule has 0 bridgehead atoms. The van der Waals surface area contributed by atoms with Crippen molar-refractivity contribution in [1.82, 2.24) is 15.2 Å². The molecule has 0 fully saturated rings. The van der Waals surface area contributed by atoms with Gasteiger partial charge >= 0.3 is 6.03 Å². The van der Waals surface area contributed by atoms with Crippen LogP contribution in [0.25, 0.3) is 10.8 Å². The molecule has 140 valence electrons. The summed E-state index contributed by atoms with van der Waals surface area (Å²) in [7, 11) is 0. The van der Waals surface area contributed by atoms with Crippen molar-refractivity contribution in [2.45, 2.75) is 33.6 Å². The van der Waals surface area contributed by atoms with Crippen molar-refractivity contribution in [3.63, 3.8) is 0 Å². The lowest BCUT2D eigenvalue weighted by molar-refractivity contribution is 0.262. The van der Waals surface area contributed by atoms with Crippen LogP contribution in [0.3, 0.4) is 0 Å². The number of carbonyl (C=O) groups is 1. The fraction of sp³-hybridized carbons (Fsp3) is 0.300. The summed E-state index contributed by atoms with van der Waals surface area (Å²) in [5.41, 5.74) is 1.87. The molecule has 3 rings (SSSR count). The fourth-order valence-electron chi connectivity index (χ4n) is 2.71. The highest BCUT2D eigenvalue weighted by Gasteiger charge is 2.14. The van der Waals surface area contributed by atoms with Crippen LogP contribution in [-0.4, -0.2) is 21.2 Å². The van der Waals surface area contributed by atoms with Crippen molar-refractivity contribution in [2.24, 2.45) is 5.41 Å². The van der Waals surface area contributed by atoms with Crippen LogP contribution in [0.15, 0.2) is 47.5 Å².